The molecule has 0 N–H and O–H groups in total. The van der Waals surface area contributed by atoms with Crippen LogP contribution in [0.3, 0.4) is 0 Å². The van der Waals surface area contributed by atoms with E-state index in [0.717, 1.165) is 52.0 Å². The first-order valence-corrected chi connectivity index (χ1v) is 10.6. The largest absolute Gasteiger partial charge is 0.353 e. The Bertz CT molecular complexity index is 378. The summed E-state index contributed by atoms with van der Waals surface area (Å²) in [5, 5.41) is 3.92. The molecule has 0 aromatic rings. The predicted octanol–water partition coefficient (Wildman–Crippen LogP) is 4.18. The summed E-state index contributed by atoms with van der Waals surface area (Å²) in [6, 6.07) is 0. The van der Waals surface area contributed by atoms with Gasteiger partial charge in [-0.25, -0.2) is 0 Å². The van der Waals surface area contributed by atoms with Gasteiger partial charge in [0, 0.05) is 21.0 Å². The minimum Gasteiger partial charge on any atom is -0.353 e. The summed E-state index contributed by atoms with van der Waals surface area (Å²) in [5.74, 6) is 2.37. The Morgan fingerprint density at radius 1 is 0.905 bits per heavy atom. The molecule has 2 nitrogen and oxygen atoms in total. The molecule has 0 radical (unpaired) electrons. The second-order valence-electron chi connectivity index (χ2n) is 7.55. The average Bonchev–Trinajstić information content (AvgIpc) is 3.36. The van der Waals surface area contributed by atoms with Crippen molar-refractivity contribution in [3.63, 3.8) is 0 Å². The molecule has 0 amide bonds. The molecule has 4 fully saturated rings. The molecule has 2 heterocycles. The van der Waals surface area contributed by atoms with E-state index in [1.165, 1.54) is 32.1 Å². The zero-order valence-electron chi connectivity index (χ0n) is 13.2. The maximum absolute atomic E-state index is 6.01. The molecule has 0 aromatic carbocycles. The Morgan fingerprint density at radius 2 is 1.62 bits per heavy atom. The topological polar surface area (TPSA) is 18.5 Å². The smallest absolute Gasteiger partial charge is 0.154 e. The van der Waals surface area contributed by atoms with Crippen molar-refractivity contribution in [3.8, 4) is 0 Å². The van der Waals surface area contributed by atoms with Gasteiger partial charge in [0.1, 0.15) is 0 Å². The number of hydrogen-bond acceptors (Lipinski definition) is 4. The van der Waals surface area contributed by atoms with Gasteiger partial charge in [-0.1, -0.05) is 6.92 Å². The highest BCUT2D eigenvalue weighted by Gasteiger charge is 2.46. The summed E-state index contributed by atoms with van der Waals surface area (Å²) in [4.78, 5) is 0. The number of rotatable bonds is 6. The van der Waals surface area contributed by atoms with Crippen molar-refractivity contribution in [3.05, 3.63) is 0 Å². The Labute approximate surface area is 137 Å². The molecule has 2 saturated heterocycles. The van der Waals surface area contributed by atoms with Gasteiger partial charge < -0.3 is 9.47 Å². The van der Waals surface area contributed by atoms with Crippen LogP contribution in [-0.4, -0.2) is 40.5 Å². The third-order valence-corrected chi connectivity index (χ3v) is 8.75. The van der Waals surface area contributed by atoms with Gasteiger partial charge in [0.15, 0.2) is 6.29 Å². The van der Waals surface area contributed by atoms with Gasteiger partial charge in [0.05, 0.1) is 13.2 Å². The monoisotopic (exact) mass is 328 g/mol. The fraction of sp³-hybridized carbons (Fsp3) is 1.00. The average molecular weight is 329 g/mol. The van der Waals surface area contributed by atoms with Gasteiger partial charge in [0.2, 0.25) is 0 Å². The molecule has 8 unspecified atom stereocenters. The van der Waals surface area contributed by atoms with Gasteiger partial charge in [0.25, 0.3) is 0 Å². The quantitative estimate of drug-likeness (QED) is 0.537. The molecular weight excluding hydrogens is 300 g/mol. The van der Waals surface area contributed by atoms with E-state index in [-0.39, 0.29) is 6.29 Å². The van der Waals surface area contributed by atoms with Crippen LogP contribution in [0.25, 0.3) is 0 Å². The Kier molecular flexibility index (Phi) is 4.52. The first-order valence-electron chi connectivity index (χ1n) is 8.73. The van der Waals surface area contributed by atoms with E-state index in [0.29, 0.717) is 0 Å². The molecule has 4 rings (SSSR count). The molecular formula is C17H28O2S2. The molecule has 2 aliphatic carbocycles. The molecule has 120 valence electrons. The van der Waals surface area contributed by atoms with Crippen LogP contribution in [0.4, 0.5) is 0 Å². The number of hydrogen-bond donors (Lipinski definition) is 0. The molecule has 21 heavy (non-hydrogen) atoms. The summed E-state index contributed by atoms with van der Waals surface area (Å²) in [7, 11) is 0. The van der Waals surface area contributed by atoms with Crippen molar-refractivity contribution in [2.45, 2.75) is 73.2 Å². The lowest BCUT2D eigenvalue weighted by atomic mass is 9.81. The summed E-state index contributed by atoms with van der Waals surface area (Å²) >= 11 is 4.37. The number of ether oxygens (including phenoxy) is 2. The van der Waals surface area contributed by atoms with E-state index < -0.39 is 0 Å². The normalized spacial score (nSPS) is 49.1. The highest BCUT2D eigenvalue weighted by Crippen LogP contribution is 2.54. The molecule has 4 aliphatic rings. The predicted molar refractivity (Wildman–Crippen MR) is 90.9 cm³/mol. The lowest BCUT2D eigenvalue weighted by Gasteiger charge is -2.29. The third-order valence-electron chi connectivity index (χ3n) is 5.86. The fourth-order valence-electron chi connectivity index (χ4n) is 4.13. The van der Waals surface area contributed by atoms with Gasteiger partial charge >= 0.3 is 0 Å². The maximum atomic E-state index is 6.01. The SMILES string of the molecule is CC(OCC1CCC2SC2C1)OCC1CC2SC2CC1C. The Balaban J connectivity index is 1.13. The maximum Gasteiger partial charge on any atom is 0.154 e. The van der Waals surface area contributed by atoms with Crippen LogP contribution >= 0.6 is 23.5 Å². The summed E-state index contributed by atoms with van der Waals surface area (Å²) in [6.45, 7) is 6.29. The van der Waals surface area contributed by atoms with Crippen LogP contribution in [0.5, 0.6) is 0 Å². The van der Waals surface area contributed by atoms with E-state index in [4.69, 9.17) is 9.47 Å². The van der Waals surface area contributed by atoms with E-state index in [9.17, 15) is 0 Å². The molecule has 0 spiro atoms. The lowest BCUT2D eigenvalue weighted by molar-refractivity contribution is -0.151. The highest BCUT2D eigenvalue weighted by molar-refractivity contribution is 8.07. The van der Waals surface area contributed by atoms with Crippen LogP contribution in [0, 0.1) is 17.8 Å². The van der Waals surface area contributed by atoms with Crippen LogP contribution < -0.4 is 0 Å². The molecule has 0 bridgehead atoms. The third kappa shape index (κ3) is 3.76. The molecule has 4 heteroatoms. The zero-order valence-corrected chi connectivity index (χ0v) is 14.8. The van der Waals surface area contributed by atoms with Gasteiger partial charge in [-0.2, -0.15) is 23.5 Å². The second kappa shape index (κ2) is 6.26. The molecule has 0 aromatic heterocycles. The Hall–Kier alpha value is 0.620. The molecule has 2 saturated carbocycles. The van der Waals surface area contributed by atoms with Crippen molar-refractivity contribution in [1.29, 1.82) is 0 Å². The van der Waals surface area contributed by atoms with E-state index in [1.54, 1.807) is 0 Å². The summed E-state index contributed by atoms with van der Waals surface area (Å²) in [6.07, 6.45) is 6.90. The van der Waals surface area contributed by atoms with Crippen molar-refractivity contribution in [2.75, 3.05) is 13.2 Å². The zero-order chi connectivity index (χ0) is 14.4. The molecule has 2 aliphatic heterocycles. The van der Waals surface area contributed by atoms with Gasteiger partial charge in [-0.15, -0.1) is 0 Å². The second-order valence-corrected chi connectivity index (χ2v) is 10.5. The lowest BCUT2D eigenvalue weighted by Crippen LogP contribution is -2.29. The van der Waals surface area contributed by atoms with E-state index in [1.807, 2.05) is 0 Å². The summed E-state index contributed by atoms with van der Waals surface area (Å²) in [5.41, 5.74) is 0. The van der Waals surface area contributed by atoms with Crippen LogP contribution in [0.1, 0.15) is 46.0 Å². The van der Waals surface area contributed by atoms with Gasteiger partial charge in [-0.05, 0) is 56.8 Å². The van der Waals surface area contributed by atoms with Crippen molar-refractivity contribution in [2.24, 2.45) is 17.8 Å². The van der Waals surface area contributed by atoms with E-state index >= 15 is 0 Å². The Morgan fingerprint density at radius 3 is 2.48 bits per heavy atom. The van der Waals surface area contributed by atoms with Crippen LogP contribution in [0.2, 0.25) is 0 Å². The van der Waals surface area contributed by atoms with Crippen LogP contribution in [-0.2, 0) is 9.47 Å². The number of fused-ring (bicyclic) bond motifs is 2. The van der Waals surface area contributed by atoms with Gasteiger partial charge in [-0.3, -0.25) is 0 Å². The number of thioether (sulfide) groups is 2. The standard InChI is InChI=1S/C17H28O2S2/c1-10-5-15-17(21-15)7-13(10)9-19-11(2)18-8-12-3-4-14-16(6-12)20-14/h10-17H,3-9H2,1-2H3. The molecule has 8 atom stereocenters. The fourth-order valence-corrected chi connectivity index (χ4v) is 6.75. The van der Waals surface area contributed by atoms with Crippen molar-refractivity contribution >= 4 is 23.5 Å². The van der Waals surface area contributed by atoms with Crippen molar-refractivity contribution < 1.29 is 9.47 Å². The highest BCUT2D eigenvalue weighted by atomic mass is 32.2. The first kappa shape index (κ1) is 15.2. The van der Waals surface area contributed by atoms with Crippen LogP contribution in [0.15, 0.2) is 0 Å². The van der Waals surface area contributed by atoms with Crippen molar-refractivity contribution in [1.82, 2.24) is 0 Å². The summed E-state index contributed by atoms with van der Waals surface area (Å²) < 4.78 is 12.0. The van der Waals surface area contributed by atoms with E-state index in [2.05, 4.69) is 37.4 Å². The first-order chi connectivity index (χ1) is 10.2. The minimum atomic E-state index is -0.0219. The minimum absolute atomic E-state index is 0.0219.